The first-order chi connectivity index (χ1) is 8.28. The summed E-state index contributed by atoms with van der Waals surface area (Å²) in [5.74, 6) is 0.598. The SMILES string of the molecule is CCOC(=O)Cc1ccc(OC[C@H]2CO2)cc1. The minimum absolute atomic E-state index is 0.201. The third-order valence-corrected chi connectivity index (χ3v) is 2.42. The van der Waals surface area contributed by atoms with Crippen molar-refractivity contribution >= 4 is 5.97 Å². The third-order valence-electron chi connectivity index (χ3n) is 2.42. The van der Waals surface area contributed by atoms with Crippen LogP contribution in [0.5, 0.6) is 5.75 Å². The number of epoxide rings is 1. The molecule has 1 saturated heterocycles. The van der Waals surface area contributed by atoms with E-state index in [9.17, 15) is 4.79 Å². The Morgan fingerprint density at radius 3 is 2.71 bits per heavy atom. The lowest BCUT2D eigenvalue weighted by atomic mass is 10.1. The standard InChI is InChI=1S/C13H16O4/c1-2-15-13(14)7-10-3-5-11(6-4-10)16-8-12-9-17-12/h3-6,12H,2,7-9H2,1H3/t12-/m0/s1. The smallest absolute Gasteiger partial charge is 0.310 e. The van der Waals surface area contributed by atoms with Crippen molar-refractivity contribution in [3.8, 4) is 5.75 Å². The largest absolute Gasteiger partial charge is 0.491 e. The summed E-state index contributed by atoms with van der Waals surface area (Å²) in [5, 5.41) is 0. The Morgan fingerprint density at radius 1 is 1.41 bits per heavy atom. The predicted molar refractivity (Wildman–Crippen MR) is 62.0 cm³/mol. The van der Waals surface area contributed by atoms with Gasteiger partial charge >= 0.3 is 5.97 Å². The Balaban J connectivity index is 1.81. The predicted octanol–water partition coefficient (Wildman–Crippen LogP) is 1.57. The van der Waals surface area contributed by atoms with E-state index in [1.54, 1.807) is 6.92 Å². The van der Waals surface area contributed by atoms with E-state index in [2.05, 4.69) is 0 Å². The lowest BCUT2D eigenvalue weighted by molar-refractivity contribution is -0.142. The topological polar surface area (TPSA) is 48.1 Å². The average molecular weight is 236 g/mol. The summed E-state index contributed by atoms with van der Waals surface area (Å²) in [7, 11) is 0. The molecule has 0 aromatic heterocycles. The first kappa shape index (κ1) is 11.9. The van der Waals surface area contributed by atoms with Crippen LogP contribution in [0.3, 0.4) is 0 Å². The van der Waals surface area contributed by atoms with Crippen LogP contribution in [-0.4, -0.2) is 31.9 Å². The lowest BCUT2D eigenvalue weighted by Crippen LogP contribution is -2.07. The molecule has 0 bridgehead atoms. The molecule has 1 aliphatic rings. The van der Waals surface area contributed by atoms with Crippen LogP contribution >= 0.6 is 0 Å². The van der Waals surface area contributed by atoms with Crippen molar-refractivity contribution in [3.63, 3.8) is 0 Å². The van der Waals surface area contributed by atoms with Gasteiger partial charge < -0.3 is 14.2 Å². The van der Waals surface area contributed by atoms with Crippen LogP contribution in [0.4, 0.5) is 0 Å². The zero-order chi connectivity index (χ0) is 12.1. The van der Waals surface area contributed by atoms with E-state index in [0.717, 1.165) is 17.9 Å². The third kappa shape index (κ3) is 4.07. The highest BCUT2D eigenvalue weighted by Gasteiger charge is 2.22. The molecule has 0 N–H and O–H groups in total. The van der Waals surface area contributed by atoms with E-state index in [1.807, 2.05) is 24.3 Å². The van der Waals surface area contributed by atoms with Gasteiger partial charge in [0, 0.05) is 0 Å². The van der Waals surface area contributed by atoms with Crippen molar-refractivity contribution in [2.75, 3.05) is 19.8 Å². The zero-order valence-corrected chi connectivity index (χ0v) is 9.85. The van der Waals surface area contributed by atoms with Gasteiger partial charge in [-0.05, 0) is 24.6 Å². The van der Waals surface area contributed by atoms with Gasteiger partial charge in [-0.1, -0.05) is 12.1 Å². The number of benzene rings is 1. The van der Waals surface area contributed by atoms with Gasteiger partial charge in [0.2, 0.25) is 0 Å². The molecular formula is C13H16O4. The molecule has 0 aliphatic carbocycles. The van der Waals surface area contributed by atoms with E-state index in [0.29, 0.717) is 19.6 Å². The molecular weight excluding hydrogens is 220 g/mol. The number of carbonyl (C=O) groups is 1. The normalized spacial score (nSPS) is 17.6. The molecule has 4 nitrogen and oxygen atoms in total. The highest BCUT2D eigenvalue weighted by atomic mass is 16.6. The molecule has 1 aromatic rings. The minimum Gasteiger partial charge on any atom is -0.491 e. The zero-order valence-electron chi connectivity index (χ0n) is 9.85. The maximum atomic E-state index is 11.3. The molecule has 1 aliphatic heterocycles. The highest BCUT2D eigenvalue weighted by molar-refractivity contribution is 5.72. The number of rotatable bonds is 6. The summed E-state index contributed by atoms with van der Waals surface area (Å²) in [5.41, 5.74) is 0.929. The van der Waals surface area contributed by atoms with Gasteiger partial charge in [-0.15, -0.1) is 0 Å². The molecule has 1 fully saturated rings. The van der Waals surface area contributed by atoms with E-state index in [4.69, 9.17) is 14.2 Å². The lowest BCUT2D eigenvalue weighted by Gasteiger charge is -2.05. The van der Waals surface area contributed by atoms with Crippen molar-refractivity contribution in [2.45, 2.75) is 19.4 Å². The Morgan fingerprint density at radius 2 is 2.12 bits per heavy atom. The van der Waals surface area contributed by atoms with E-state index < -0.39 is 0 Å². The summed E-state index contributed by atoms with van der Waals surface area (Å²) < 4.78 is 15.4. The van der Waals surface area contributed by atoms with Gasteiger partial charge in [0.15, 0.2) is 0 Å². The molecule has 92 valence electrons. The Bertz CT molecular complexity index is 368. The number of esters is 1. The van der Waals surface area contributed by atoms with Crippen molar-refractivity contribution < 1.29 is 19.0 Å². The summed E-state index contributed by atoms with van der Waals surface area (Å²) in [6.07, 6.45) is 0.564. The van der Waals surface area contributed by atoms with Gasteiger partial charge in [0.1, 0.15) is 18.5 Å². The summed E-state index contributed by atoms with van der Waals surface area (Å²) in [6, 6.07) is 7.47. The summed E-state index contributed by atoms with van der Waals surface area (Å²) >= 11 is 0. The molecule has 0 amide bonds. The Hall–Kier alpha value is -1.55. The minimum atomic E-state index is -0.201. The van der Waals surface area contributed by atoms with Crippen molar-refractivity contribution in [1.82, 2.24) is 0 Å². The quantitative estimate of drug-likeness (QED) is 0.555. The van der Waals surface area contributed by atoms with Gasteiger partial charge in [-0.3, -0.25) is 4.79 Å². The van der Waals surface area contributed by atoms with Crippen molar-refractivity contribution in [1.29, 1.82) is 0 Å². The van der Waals surface area contributed by atoms with Crippen LogP contribution in [0.15, 0.2) is 24.3 Å². The number of hydrogen-bond acceptors (Lipinski definition) is 4. The van der Waals surface area contributed by atoms with E-state index >= 15 is 0 Å². The molecule has 0 spiro atoms. The number of hydrogen-bond donors (Lipinski definition) is 0. The van der Waals surface area contributed by atoms with Crippen LogP contribution < -0.4 is 4.74 Å². The van der Waals surface area contributed by atoms with E-state index in [1.165, 1.54) is 0 Å². The molecule has 1 heterocycles. The fraction of sp³-hybridized carbons (Fsp3) is 0.462. The van der Waals surface area contributed by atoms with Crippen LogP contribution in [-0.2, 0) is 20.7 Å². The second-order valence-corrected chi connectivity index (χ2v) is 3.89. The van der Waals surface area contributed by atoms with Crippen molar-refractivity contribution in [3.05, 3.63) is 29.8 Å². The summed E-state index contributed by atoms with van der Waals surface area (Å²) in [4.78, 5) is 11.3. The van der Waals surface area contributed by atoms with Gasteiger partial charge in [-0.2, -0.15) is 0 Å². The monoisotopic (exact) mass is 236 g/mol. The second kappa shape index (κ2) is 5.68. The van der Waals surface area contributed by atoms with Crippen LogP contribution in [0.2, 0.25) is 0 Å². The average Bonchev–Trinajstić information content (AvgIpc) is 3.12. The van der Waals surface area contributed by atoms with E-state index in [-0.39, 0.29) is 12.1 Å². The van der Waals surface area contributed by atoms with Crippen LogP contribution in [0.1, 0.15) is 12.5 Å². The summed E-state index contributed by atoms with van der Waals surface area (Å²) in [6.45, 7) is 3.61. The maximum absolute atomic E-state index is 11.3. The van der Waals surface area contributed by atoms with Crippen LogP contribution in [0.25, 0.3) is 0 Å². The molecule has 0 saturated carbocycles. The van der Waals surface area contributed by atoms with Gasteiger partial charge in [0.25, 0.3) is 0 Å². The molecule has 17 heavy (non-hydrogen) atoms. The first-order valence-electron chi connectivity index (χ1n) is 5.77. The Kier molecular flexibility index (Phi) is 3.98. The van der Waals surface area contributed by atoms with Gasteiger partial charge in [0.05, 0.1) is 19.6 Å². The molecule has 4 heteroatoms. The molecule has 1 aromatic carbocycles. The van der Waals surface area contributed by atoms with Crippen LogP contribution in [0, 0.1) is 0 Å². The molecule has 0 radical (unpaired) electrons. The van der Waals surface area contributed by atoms with Gasteiger partial charge in [-0.25, -0.2) is 0 Å². The fourth-order valence-electron chi connectivity index (χ4n) is 1.44. The fourth-order valence-corrected chi connectivity index (χ4v) is 1.44. The Labute approximate surface area is 100 Å². The first-order valence-corrected chi connectivity index (χ1v) is 5.77. The number of carbonyl (C=O) groups excluding carboxylic acids is 1. The molecule has 1 atom stereocenters. The second-order valence-electron chi connectivity index (χ2n) is 3.89. The maximum Gasteiger partial charge on any atom is 0.310 e. The van der Waals surface area contributed by atoms with Crippen molar-refractivity contribution in [2.24, 2.45) is 0 Å². The molecule has 2 rings (SSSR count). The highest BCUT2D eigenvalue weighted by Crippen LogP contribution is 2.16. The molecule has 0 unspecified atom stereocenters. The number of ether oxygens (including phenoxy) is 3.